The van der Waals surface area contributed by atoms with Crippen LogP contribution in [0.15, 0.2) is 24.3 Å². The van der Waals surface area contributed by atoms with E-state index in [1.165, 1.54) is 24.0 Å². The molecule has 3 nitrogen and oxygen atoms in total. The summed E-state index contributed by atoms with van der Waals surface area (Å²) in [7, 11) is 0. The zero-order valence-corrected chi connectivity index (χ0v) is 13.5. The van der Waals surface area contributed by atoms with Crippen LogP contribution in [0.25, 0.3) is 0 Å². The molecule has 1 aromatic carbocycles. The van der Waals surface area contributed by atoms with Gasteiger partial charge in [0.25, 0.3) is 0 Å². The first-order valence-electron chi connectivity index (χ1n) is 7.64. The smallest absolute Gasteiger partial charge is 0.230 e. The molecule has 2 N–H and O–H groups in total. The van der Waals surface area contributed by atoms with Gasteiger partial charge in [0.15, 0.2) is 0 Å². The van der Waals surface area contributed by atoms with Crippen LogP contribution in [0.5, 0.6) is 0 Å². The molecule has 1 amide bonds. The maximum Gasteiger partial charge on any atom is 0.230 e. The number of aryl methyl sites for hydroxylation is 1. The first-order chi connectivity index (χ1) is 10.1. The second kappa shape index (κ2) is 7.85. The Balaban J connectivity index is 1.66. The van der Waals surface area contributed by atoms with E-state index in [1.807, 2.05) is 0 Å². The van der Waals surface area contributed by atoms with Crippen LogP contribution < -0.4 is 5.32 Å². The van der Waals surface area contributed by atoms with Crippen molar-refractivity contribution in [3.63, 3.8) is 0 Å². The highest BCUT2D eigenvalue weighted by Crippen LogP contribution is 2.36. The molecular formula is C17H25NO2S. The van der Waals surface area contributed by atoms with E-state index >= 15 is 0 Å². The first kappa shape index (κ1) is 16.4. The van der Waals surface area contributed by atoms with Gasteiger partial charge in [-0.1, -0.05) is 42.7 Å². The van der Waals surface area contributed by atoms with Crippen LogP contribution in [0.1, 0.15) is 36.8 Å². The molecule has 1 aliphatic carbocycles. The number of nitrogens with one attached hydrogen (secondary N) is 1. The number of aliphatic hydroxyl groups is 1. The van der Waals surface area contributed by atoms with E-state index in [0.717, 1.165) is 18.6 Å². The fourth-order valence-corrected chi connectivity index (χ4v) is 3.62. The van der Waals surface area contributed by atoms with Gasteiger partial charge in [-0.25, -0.2) is 0 Å². The molecule has 0 aliphatic heterocycles. The van der Waals surface area contributed by atoms with E-state index in [2.05, 4.69) is 36.5 Å². The van der Waals surface area contributed by atoms with Crippen molar-refractivity contribution in [3.8, 4) is 0 Å². The van der Waals surface area contributed by atoms with E-state index in [4.69, 9.17) is 0 Å². The number of rotatable bonds is 7. The van der Waals surface area contributed by atoms with E-state index in [1.54, 1.807) is 11.8 Å². The molecule has 0 heterocycles. The molecule has 21 heavy (non-hydrogen) atoms. The second-order valence-electron chi connectivity index (χ2n) is 6.12. The highest BCUT2D eigenvalue weighted by atomic mass is 32.2. The summed E-state index contributed by atoms with van der Waals surface area (Å²) >= 11 is 1.63. The number of carbonyl (C=O) groups excluding carboxylic acids is 1. The van der Waals surface area contributed by atoms with Crippen LogP contribution in [-0.2, 0) is 10.5 Å². The van der Waals surface area contributed by atoms with E-state index < -0.39 is 0 Å². The highest BCUT2D eigenvalue weighted by Gasteiger charge is 2.33. The predicted molar refractivity (Wildman–Crippen MR) is 88.3 cm³/mol. The Hall–Kier alpha value is -1.00. The zero-order valence-electron chi connectivity index (χ0n) is 12.7. The molecule has 2 rings (SSSR count). The van der Waals surface area contributed by atoms with Gasteiger partial charge < -0.3 is 10.4 Å². The summed E-state index contributed by atoms with van der Waals surface area (Å²) in [5, 5.41) is 12.5. The quantitative estimate of drug-likeness (QED) is 0.814. The van der Waals surface area contributed by atoms with Crippen molar-refractivity contribution in [1.82, 2.24) is 5.32 Å². The number of benzene rings is 1. The molecule has 0 saturated heterocycles. The predicted octanol–water partition coefficient (Wildman–Crippen LogP) is 2.90. The zero-order chi connectivity index (χ0) is 15.1. The average Bonchev–Trinajstić information content (AvgIpc) is 2.97. The Morgan fingerprint density at radius 2 is 1.95 bits per heavy atom. The Kier molecular flexibility index (Phi) is 6.12. The van der Waals surface area contributed by atoms with Gasteiger partial charge in [-0.2, -0.15) is 0 Å². The van der Waals surface area contributed by atoms with Crippen molar-refractivity contribution in [2.45, 2.75) is 38.4 Å². The number of carbonyl (C=O) groups is 1. The number of hydrogen-bond acceptors (Lipinski definition) is 3. The van der Waals surface area contributed by atoms with Gasteiger partial charge in [-0.3, -0.25) is 4.79 Å². The largest absolute Gasteiger partial charge is 0.396 e. The summed E-state index contributed by atoms with van der Waals surface area (Å²) in [4.78, 5) is 11.9. The number of aliphatic hydroxyl groups excluding tert-OH is 1. The lowest BCUT2D eigenvalue weighted by Gasteiger charge is -2.26. The third kappa shape index (κ3) is 5.04. The Labute approximate surface area is 131 Å². The van der Waals surface area contributed by atoms with E-state index in [9.17, 15) is 9.90 Å². The molecule has 116 valence electrons. The Bertz CT molecular complexity index is 452. The van der Waals surface area contributed by atoms with Crippen LogP contribution in [0.3, 0.4) is 0 Å². The van der Waals surface area contributed by atoms with Gasteiger partial charge in [0.2, 0.25) is 5.91 Å². The molecule has 0 spiro atoms. The number of amides is 1. The van der Waals surface area contributed by atoms with Gasteiger partial charge in [0, 0.05) is 17.7 Å². The third-order valence-electron chi connectivity index (χ3n) is 4.28. The molecule has 0 atom stereocenters. The summed E-state index contributed by atoms with van der Waals surface area (Å²) in [5.41, 5.74) is 2.45. The van der Waals surface area contributed by atoms with Gasteiger partial charge in [0.1, 0.15) is 0 Å². The lowest BCUT2D eigenvalue weighted by Crippen LogP contribution is -2.39. The summed E-state index contributed by atoms with van der Waals surface area (Å²) in [5.74, 6) is 1.42. The first-order valence-corrected chi connectivity index (χ1v) is 8.80. The van der Waals surface area contributed by atoms with Crippen LogP contribution in [0, 0.1) is 12.3 Å². The lowest BCUT2D eigenvalue weighted by atomic mass is 9.87. The molecule has 1 aliphatic rings. The SMILES string of the molecule is Cc1ccc(CSCC(=O)NCC2(CO)CCCC2)cc1. The van der Waals surface area contributed by atoms with Crippen molar-refractivity contribution in [2.75, 3.05) is 18.9 Å². The van der Waals surface area contributed by atoms with Gasteiger partial charge in [-0.05, 0) is 25.3 Å². The molecule has 4 heteroatoms. The fraction of sp³-hybridized carbons (Fsp3) is 0.588. The number of thioether (sulfide) groups is 1. The van der Waals surface area contributed by atoms with Gasteiger partial charge in [-0.15, -0.1) is 11.8 Å². The lowest BCUT2D eigenvalue weighted by molar-refractivity contribution is -0.119. The minimum absolute atomic E-state index is 0.0583. The summed E-state index contributed by atoms with van der Waals surface area (Å²) in [6.45, 7) is 2.88. The van der Waals surface area contributed by atoms with E-state index in [-0.39, 0.29) is 17.9 Å². The second-order valence-corrected chi connectivity index (χ2v) is 7.11. The molecule has 0 unspecified atom stereocenters. The third-order valence-corrected chi connectivity index (χ3v) is 5.29. The van der Waals surface area contributed by atoms with Crippen molar-refractivity contribution in [2.24, 2.45) is 5.41 Å². The Morgan fingerprint density at radius 1 is 1.29 bits per heavy atom. The summed E-state index contributed by atoms with van der Waals surface area (Å²) < 4.78 is 0. The van der Waals surface area contributed by atoms with Gasteiger partial charge in [0.05, 0.1) is 12.4 Å². The van der Waals surface area contributed by atoms with Crippen LogP contribution in [-0.4, -0.2) is 29.9 Å². The molecular weight excluding hydrogens is 282 g/mol. The van der Waals surface area contributed by atoms with Crippen LogP contribution >= 0.6 is 11.8 Å². The van der Waals surface area contributed by atoms with Gasteiger partial charge >= 0.3 is 0 Å². The fourth-order valence-electron chi connectivity index (χ4n) is 2.80. The van der Waals surface area contributed by atoms with Crippen LogP contribution in [0.2, 0.25) is 0 Å². The number of hydrogen-bond donors (Lipinski definition) is 2. The van der Waals surface area contributed by atoms with Crippen LogP contribution in [0.4, 0.5) is 0 Å². The van der Waals surface area contributed by atoms with Crippen molar-refractivity contribution >= 4 is 17.7 Å². The van der Waals surface area contributed by atoms with E-state index in [0.29, 0.717) is 12.3 Å². The normalized spacial score (nSPS) is 16.9. The molecule has 0 bridgehead atoms. The highest BCUT2D eigenvalue weighted by molar-refractivity contribution is 7.99. The molecule has 1 fully saturated rings. The standard InChI is InChI=1S/C17H25NO2S/c1-14-4-6-15(7-5-14)10-21-11-16(20)18-12-17(13-19)8-2-3-9-17/h4-7,19H,2-3,8-13H2,1H3,(H,18,20). The topological polar surface area (TPSA) is 49.3 Å². The summed E-state index contributed by atoms with van der Waals surface area (Å²) in [6.07, 6.45) is 4.39. The summed E-state index contributed by atoms with van der Waals surface area (Å²) in [6, 6.07) is 8.42. The maximum absolute atomic E-state index is 11.9. The van der Waals surface area contributed by atoms with Crippen molar-refractivity contribution in [3.05, 3.63) is 35.4 Å². The molecule has 1 aromatic rings. The molecule has 0 aromatic heterocycles. The van der Waals surface area contributed by atoms with Crippen molar-refractivity contribution < 1.29 is 9.90 Å². The minimum atomic E-state index is -0.0583. The minimum Gasteiger partial charge on any atom is -0.396 e. The monoisotopic (exact) mass is 307 g/mol. The molecule has 1 saturated carbocycles. The maximum atomic E-state index is 11.9. The Morgan fingerprint density at radius 3 is 2.57 bits per heavy atom. The van der Waals surface area contributed by atoms with Crippen molar-refractivity contribution in [1.29, 1.82) is 0 Å². The average molecular weight is 307 g/mol. The molecule has 0 radical (unpaired) electrons.